The number of rotatable bonds is 3. The maximum absolute atomic E-state index is 10.9. The summed E-state index contributed by atoms with van der Waals surface area (Å²) in [5.74, 6) is -1.25. The van der Waals surface area contributed by atoms with Crippen LogP contribution in [0, 0.1) is 18.3 Å². The minimum atomic E-state index is -1.25. The first-order valence-electron chi connectivity index (χ1n) is 6.13. The van der Waals surface area contributed by atoms with Gasteiger partial charge in [-0.3, -0.25) is 0 Å². The molecule has 22 heavy (non-hydrogen) atoms. The van der Waals surface area contributed by atoms with Gasteiger partial charge in [-0.1, -0.05) is 6.07 Å². The molecule has 8 heteroatoms. The van der Waals surface area contributed by atoms with E-state index in [0.717, 1.165) is 33.9 Å². The van der Waals surface area contributed by atoms with Crippen molar-refractivity contribution in [3.8, 4) is 16.6 Å². The lowest BCUT2D eigenvalue weighted by Crippen LogP contribution is -1.96. The van der Waals surface area contributed by atoms with E-state index < -0.39 is 5.97 Å². The Bertz CT molecular complexity index is 949. The van der Waals surface area contributed by atoms with Crippen molar-refractivity contribution in [2.45, 2.75) is 6.92 Å². The fraction of sp³-hybridized carbons (Fsp3) is 0.0714. The highest BCUT2D eigenvalue weighted by atomic mass is 32.1. The van der Waals surface area contributed by atoms with Crippen molar-refractivity contribution in [1.82, 2.24) is 13.7 Å². The normalized spacial score (nSPS) is 11.5. The van der Waals surface area contributed by atoms with Gasteiger partial charge in [0.2, 0.25) is 0 Å². The maximum Gasteiger partial charge on any atom is 0.346 e. The zero-order chi connectivity index (χ0) is 15.7. The van der Waals surface area contributed by atoms with Crippen LogP contribution in [0.25, 0.3) is 27.7 Å². The van der Waals surface area contributed by atoms with Crippen molar-refractivity contribution >= 4 is 46.1 Å². The van der Waals surface area contributed by atoms with Crippen LogP contribution in [0.2, 0.25) is 0 Å². The Hall–Kier alpha value is -2.63. The minimum Gasteiger partial charge on any atom is -0.477 e. The molecule has 3 rings (SSSR count). The molecule has 0 atom stereocenters. The number of fused-ring (bicyclic) bond motifs is 1. The largest absolute Gasteiger partial charge is 0.477 e. The molecule has 0 saturated carbocycles. The van der Waals surface area contributed by atoms with Gasteiger partial charge in [0, 0.05) is 16.6 Å². The number of nitriles is 1. The lowest BCUT2D eigenvalue weighted by Gasteiger charge is -1.99. The van der Waals surface area contributed by atoms with Crippen molar-refractivity contribution in [3.63, 3.8) is 0 Å². The van der Waals surface area contributed by atoms with Gasteiger partial charge in [-0.2, -0.15) is 14.0 Å². The predicted octanol–water partition coefficient (Wildman–Crippen LogP) is 3.11. The Morgan fingerprint density at radius 3 is 2.86 bits per heavy atom. The maximum atomic E-state index is 10.9. The number of carbonyl (C=O) groups is 1. The first kappa shape index (κ1) is 14.3. The molecule has 0 spiro atoms. The van der Waals surface area contributed by atoms with Gasteiger partial charge in [0.15, 0.2) is 0 Å². The molecule has 1 N–H and O–H groups in total. The second-order valence-corrected chi connectivity index (χ2v) is 6.02. The Labute approximate surface area is 133 Å². The number of aliphatic carboxylic acids is 1. The topological polar surface area (TPSA) is 99.8 Å². The molecular formula is C14H8N4O2S2. The minimum absolute atomic E-state index is 0.320. The van der Waals surface area contributed by atoms with E-state index in [4.69, 9.17) is 10.4 Å². The summed E-state index contributed by atoms with van der Waals surface area (Å²) >= 11 is 2.45. The van der Waals surface area contributed by atoms with Gasteiger partial charge in [-0.15, -0.1) is 11.3 Å². The van der Waals surface area contributed by atoms with Crippen LogP contribution in [-0.4, -0.2) is 24.8 Å². The van der Waals surface area contributed by atoms with Crippen molar-refractivity contribution < 1.29 is 9.90 Å². The van der Waals surface area contributed by atoms with Gasteiger partial charge < -0.3 is 5.11 Å². The molecule has 2 heterocycles. The number of thiazole rings is 1. The molecule has 0 fully saturated rings. The highest BCUT2D eigenvalue weighted by Crippen LogP contribution is 2.32. The predicted molar refractivity (Wildman–Crippen MR) is 84.5 cm³/mol. The first-order valence-corrected chi connectivity index (χ1v) is 7.68. The number of nitrogens with zero attached hydrogens (tertiary/aromatic N) is 4. The summed E-state index contributed by atoms with van der Waals surface area (Å²) in [7, 11) is 0. The molecule has 2 aromatic heterocycles. The van der Waals surface area contributed by atoms with E-state index in [1.54, 1.807) is 12.3 Å². The summed E-state index contributed by atoms with van der Waals surface area (Å²) in [6.45, 7) is 1.97. The third kappa shape index (κ3) is 2.47. The Morgan fingerprint density at radius 2 is 2.14 bits per heavy atom. The monoisotopic (exact) mass is 328 g/mol. The number of carboxylic acid groups (broad SMARTS) is 1. The lowest BCUT2D eigenvalue weighted by atomic mass is 10.1. The lowest BCUT2D eigenvalue weighted by molar-refractivity contribution is -0.132. The molecule has 0 saturated heterocycles. The molecule has 0 unspecified atom stereocenters. The zero-order valence-corrected chi connectivity index (χ0v) is 12.9. The SMILES string of the molecule is Cc1ccc(-c2ncc(/C=C(\C#N)C(=O)O)s2)c2nsnc12. The van der Waals surface area contributed by atoms with E-state index in [-0.39, 0.29) is 5.57 Å². The van der Waals surface area contributed by atoms with Crippen LogP contribution in [0.3, 0.4) is 0 Å². The number of aromatic nitrogens is 3. The summed E-state index contributed by atoms with van der Waals surface area (Å²) in [5.41, 5.74) is 3.21. The molecule has 0 aliphatic carbocycles. The van der Waals surface area contributed by atoms with Crippen molar-refractivity contribution in [1.29, 1.82) is 5.26 Å². The van der Waals surface area contributed by atoms with Crippen LogP contribution >= 0.6 is 23.1 Å². The molecular weight excluding hydrogens is 320 g/mol. The summed E-state index contributed by atoms with van der Waals surface area (Å²) in [6.07, 6.45) is 2.86. The Balaban J connectivity index is 2.07. The van der Waals surface area contributed by atoms with Crippen molar-refractivity contribution in [3.05, 3.63) is 34.3 Å². The van der Waals surface area contributed by atoms with Gasteiger partial charge in [0.05, 0.1) is 11.7 Å². The highest BCUT2D eigenvalue weighted by Gasteiger charge is 2.13. The molecule has 1 aromatic carbocycles. The van der Waals surface area contributed by atoms with Crippen LogP contribution in [-0.2, 0) is 4.79 Å². The van der Waals surface area contributed by atoms with E-state index in [0.29, 0.717) is 9.88 Å². The number of hydrogen-bond acceptors (Lipinski definition) is 7. The Kier molecular flexibility index (Phi) is 3.66. The van der Waals surface area contributed by atoms with E-state index in [1.807, 2.05) is 19.1 Å². The fourth-order valence-corrected chi connectivity index (χ4v) is 3.43. The van der Waals surface area contributed by atoms with E-state index in [1.165, 1.54) is 17.4 Å². The van der Waals surface area contributed by atoms with E-state index >= 15 is 0 Å². The van der Waals surface area contributed by atoms with Gasteiger partial charge in [0.1, 0.15) is 27.7 Å². The summed E-state index contributed by atoms with van der Waals surface area (Å²) in [4.78, 5) is 15.8. The van der Waals surface area contributed by atoms with E-state index in [9.17, 15) is 4.79 Å². The van der Waals surface area contributed by atoms with Crippen LogP contribution in [0.4, 0.5) is 0 Å². The number of hydrogen-bond donors (Lipinski definition) is 1. The fourth-order valence-electron chi connectivity index (χ4n) is 1.92. The molecule has 0 amide bonds. The van der Waals surface area contributed by atoms with E-state index in [2.05, 4.69) is 13.7 Å². The zero-order valence-electron chi connectivity index (χ0n) is 11.3. The smallest absolute Gasteiger partial charge is 0.346 e. The molecule has 0 bridgehead atoms. The van der Waals surface area contributed by atoms with Crippen LogP contribution in [0.1, 0.15) is 10.4 Å². The standard InChI is InChI=1S/C14H8N4O2S2/c1-7-2-3-10(12-11(7)17-22-18-12)13-16-6-9(21-13)4-8(5-15)14(19)20/h2-4,6H,1H3,(H,19,20)/b8-4+. The van der Waals surface area contributed by atoms with Crippen LogP contribution in [0.5, 0.6) is 0 Å². The summed E-state index contributed by atoms with van der Waals surface area (Å²) in [5, 5.41) is 18.4. The van der Waals surface area contributed by atoms with Gasteiger partial charge in [-0.25, -0.2) is 9.78 Å². The average molecular weight is 328 g/mol. The number of benzene rings is 1. The first-order chi connectivity index (χ1) is 10.6. The van der Waals surface area contributed by atoms with Crippen LogP contribution < -0.4 is 0 Å². The number of carboxylic acids is 1. The second kappa shape index (κ2) is 5.63. The van der Waals surface area contributed by atoms with Gasteiger partial charge >= 0.3 is 5.97 Å². The molecule has 0 aliphatic rings. The number of aryl methyl sites for hydroxylation is 1. The average Bonchev–Trinajstić information content (AvgIpc) is 3.14. The quantitative estimate of drug-likeness (QED) is 0.586. The third-order valence-electron chi connectivity index (χ3n) is 3.01. The van der Waals surface area contributed by atoms with Gasteiger partial charge in [-0.05, 0) is 24.6 Å². The third-order valence-corrected chi connectivity index (χ3v) is 4.51. The second-order valence-electron chi connectivity index (χ2n) is 4.43. The summed E-state index contributed by atoms with van der Waals surface area (Å²) < 4.78 is 8.58. The van der Waals surface area contributed by atoms with Gasteiger partial charge in [0.25, 0.3) is 0 Å². The van der Waals surface area contributed by atoms with Crippen molar-refractivity contribution in [2.75, 3.05) is 0 Å². The molecule has 0 aliphatic heterocycles. The highest BCUT2D eigenvalue weighted by molar-refractivity contribution is 7.16. The molecule has 108 valence electrons. The molecule has 0 radical (unpaired) electrons. The molecule has 3 aromatic rings. The molecule has 6 nitrogen and oxygen atoms in total. The van der Waals surface area contributed by atoms with Crippen LogP contribution in [0.15, 0.2) is 23.9 Å². The van der Waals surface area contributed by atoms with Crippen molar-refractivity contribution in [2.24, 2.45) is 0 Å². The summed E-state index contributed by atoms with van der Waals surface area (Å²) in [6, 6.07) is 5.53. The Morgan fingerprint density at radius 1 is 1.36 bits per heavy atom.